The number of carbonyl (C=O) groups is 1. The molecule has 1 aromatic heterocycles. The molecule has 158 valence electrons. The fraction of sp³-hybridized carbons (Fsp3) is 0.318. The SMILES string of the molecule is CCn1c(SC(C)C(=O)Nc2cccc(C)c2)nnc1C(C)Oc1ccccc1Cl. The van der Waals surface area contributed by atoms with Crippen LogP contribution < -0.4 is 10.1 Å². The minimum absolute atomic E-state index is 0.0850. The first-order valence-electron chi connectivity index (χ1n) is 9.77. The van der Waals surface area contributed by atoms with E-state index in [9.17, 15) is 4.79 Å². The van der Waals surface area contributed by atoms with Crippen molar-refractivity contribution in [2.75, 3.05) is 5.32 Å². The standard InChI is InChI=1S/C22H25ClN4O2S/c1-5-27-20(15(3)29-19-12-7-6-11-18(19)23)25-26-22(27)30-16(4)21(28)24-17-10-8-9-14(2)13-17/h6-13,15-16H,5H2,1-4H3,(H,24,28). The van der Waals surface area contributed by atoms with Gasteiger partial charge in [-0.2, -0.15) is 0 Å². The third kappa shape index (κ3) is 5.34. The Hall–Kier alpha value is -2.51. The number of benzene rings is 2. The molecule has 30 heavy (non-hydrogen) atoms. The van der Waals surface area contributed by atoms with Gasteiger partial charge in [0.25, 0.3) is 0 Å². The molecule has 1 amide bonds. The fourth-order valence-corrected chi connectivity index (χ4v) is 4.05. The Labute approximate surface area is 186 Å². The highest BCUT2D eigenvalue weighted by Gasteiger charge is 2.23. The number of nitrogens with one attached hydrogen (secondary N) is 1. The lowest BCUT2D eigenvalue weighted by molar-refractivity contribution is -0.115. The third-order valence-electron chi connectivity index (χ3n) is 4.50. The van der Waals surface area contributed by atoms with Gasteiger partial charge in [0.1, 0.15) is 5.75 Å². The lowest BCUT2D eigenvalue weighted by Gasteiger charge is -2.17. The molecule has 0 aliphatic rings. The summed E-state index contributed by atoms with van der Waals surface area (Å²) in [6.07, 6.45) is -0.344. The van der Waals surface area contributed by atoms with Crippen molar-refractivity contribution >= 4 is 35.0 Å². The van der Waals surface area contributed by atoms with E-state index in [1.165, 1.54) is 11.8 Å². The summed E-state index contributed by atoms with van der Waals surface area (Å²) in [6.45, 7) is 8.42. The van der Waals surface area contributed by atoms with Crippen LogP contribution in [0.1, 0.15) is 38.3 Å². The van der Waals surface area contributed by atoms with Crippen LogP contribution in [0.15, 0.2) is 53.7 Å². The molecule has 3 aromatic rings. The zero-order valence-electron chi connectivity index (χ0n) is 17.4. The van der Waals surface area contributed by atoms with Crippen LogP contribution in [0.4, 0.5) is 5.69 Å². The first-order valence-corrected chi connectivity index (χ1v) is 11.0. The average Bonchev–Trinajstić information content (AvgIpc) is 3.12. The quantitative estimate of drug-likeness (QED) is 0.463. The number of hydrogen-bond acceptors (Lipinski definition) is 5. The Bertz CT molecular complexity index is 1020. The second-order valence-electron chi connectivity index (χ2n) is 6.89. The molecular weight excluding hydrogens is 420 g/mol. The molecule has 2 unspecified atom stereocenters. The van der Waals surface area contributed by atoms with Crippen molar-refractivity contribution in [2.24, 2.45) is 0 Å². The molecule has 0 fully saturated rings. The maximum Gasteiger partial charge on any atom is 0.237 e. The number of aryl methyl sites for hydroxylation is 1. The molecule has 8 heteroatoms. The lowest BCUT2D eigenvalue weighted by atomic mass is 10.2. The summed E-state index contributed by atoms with van der Waals surface area (Å²) in [5.41, 5.74) is 1.88. The molecule has 3 rings (SSSR count). The summed E-state index contributed by atoms with van der Waals surface area (Å²) in [4.78, 5) is 12.6. The van der Waals surface area contributed by atoms with Gasteiger partial charge in [0.15, 0.2) is 17.1 Å². The van der Waals surface area contributed by atoms with Crippen molar-refractivity contribution in [1.29, 1.82) is 0 Å². The van der Waals surface area contributed by atoms with E-state index in [-0.39, 0.29) is 17.3 Å². The van der Waals surface area contributed by atoms with Crippen molar-refractivity contribution in [3.8, 4) is 5.75 Å². The van der Waals surface area contributed by atoms with Crippen molar-refractivity contribution in [3.05, 3.63) is 64.9 Å². The number of hydrogen-bond donors (Lipinski definition) is 1. The topological polar surface area (TPSA) is 69.0 Å². The predicted octanol–water partition coefficient (Wildman–Crippen LogP) is 5.52. The molecule has 6 nitrogen and oxygen atoms in total. The predicted molar refractivity (Wildman–Crippen MR) is 121 cm³/mol. The number of aromatic nitrogens is 3. The van der Waals surface area contributed by atoms with Gasteiger partial charge in [0.05, 0.1) is 10.3 Å². The van der Waals surface area contributed by atoms with E-state index in [0.29, 0.717) is 28.3 Å². The van der Waals surface area contributed by atoms with Crippen LogP contribution in [0.3, 0.4) is 0 Å². The average molecular weight is 445 g/mol. The molecule has 2 atom stereocenters. The minimum Gasteiger partial charge on any atom is -0.481 e. The Morgan fingerprint density at radius 3 is 2.67 bits per heavy atom. The summed E-state index contributed by atoms with van der Waals surface area (Å²) in [6, 6.07) is 15.1. The molecule has 0 spiro atoms. The second-order valence-corrected chi connectivity index (χ2v) is 8.61. The molecule has 1 heterocycles. The Morgan fingerprint density at radius 2 is 1.97 bits per heavy atom. The highest BCUT2D eigenvalue weighted by molar-refractivity contribution is 8.00. The number of nitrogens with zero attached hydrogens (tertiary/aromatic N) is 3. The van der Waals surface area contributed by atoms with E-state index in [1.54, 1.807) is 6.07 Å². The largest absolute Gasteiger partial charge is 0.481 e. The molecule has 0 bridgehead atoms. The van der Waals surface area contributed by atoms with Gasteiger partial charge in [-0.05, 0) is 57.5 Å². The van der Waals surface area contributed by atoms with Crippen LogP contribution in [-0.2, 0) is 11.3 Å². The summed E-state index contributed by atoms with van der Waals surface area (Å²) in [5, 5.41) is 12.4. The van der Waals surface area contributed by atoms with Crippen LogP contribution in [0.5, 0.6) is 5.75 Å². The number of thioether (sulfide) groups is 1. The van der Waals surface area contributed by atoms with Crippen LogP contribution in [0, 0.1) is 6.92 Å². The van der Waals surface area contributed by atoms with Gasteiger partial charge in [0.2, 0.25) is 5.91 Å². The number of carbonyl (C=O) groups excluding carboxylic acids is 1. The summed E-state index contributed by atoms with van der Waals surface area (Å²) in [7, 11) is 0. The Kier molecular flexibility index (Phi) is 7.39. The lowest BCUT2D eigenvalue weighted by Crippen LogP contribution is -2.23. The van der Waals surface area contributed by atoms with E-state index in [4.69, 9.17) is 16.3 Å². The van der Waals surface area contributed by atoms with Crippen molar-refractivity contribution < 1.29 is 9.53 Å². The molecule has 0 saturated carbocycles. The van der Waals surface area contributed by atoms with E-state index >= 15 is 0 Å². The number of rotatable bonds is 8. The van der Waals surface area contributed by atoms with Crippen LogP contribution in [0.25, 0.3) is 0 Å². The van der Waals surface area contributed by atoms with E-state index in [2.05, 4.69) is 15.5 Å². The number of ether oxygens (including phenoxy) is 1. The van der Waals surface area contributed by atoms with Crippen molar-refractivity contribution in [2.45, 2.75) is 50.8 Å². The molecule has 0 aliphatic carbocycles. The smallest absolute Gasteiger partial charge is 0.237 e. The molecular formula is C22H25ClN4O2S. The molecule has 2 aromatic carbocycles. The Morgan fingerprint density at radius 1 is 1.20 bits per heavy atom. The number of para-hydroxylation sites is 1. The number of anilines is 1. The highest BCUT2D eigenvalue weighted by atomic mass is 35.5. The van der Waals surface area contributed by atoms with Crippen LogP contribution in [-0.4, -0.2) is 25.9 Å². The molecule has 0 aliphatic heterocycles. The number of halogens is 1. The Balaban J connectivity index is 1.70. The van der Waals surface area contributed by atoms with Gasteiger partial charge in [-0.25, -0.2) is 0 Å². The van der Waals surface area contributed by atoms with Gasteiger partial charge in [0, 0.05) is 12.2 Å². The highest BCUT2D eigenvalue weighted by Crippen LogP contribution is 2.30. The monoisotopic (exact) mass is 444 g/mol. The maximum absolute atomic E-state index is 12.6. The zero-order chi connectivity index (χ0) is 21.7. The van der Waals surface area contributed by atoms with Gasteiger partial charge in [-0.3, -0.25) is 4.79 Å². The molecule has 1 N–H and O–H groups in total. The normalized spacial score (nSPS) is 13.0. The summed E-state index contributed by atoms with van der Waals surface area (Å²) >= 11 is 7.57. The van der Waals surface area contributed by atoms with E-state index in [0.717, 1.165) is 11.3 Å². The maximum atomic E-state index is 12.6. The van der Waals surface area contributed by atoms with Crippen molar-refractivity contribution in [3.63, 3.8) is 0 Å². The van der Waals surface area contributed by atoms with Gasteiger partial charge < -0.3 is 14.6 Å². The second kappa shape index (κ2) is 10.00. The zero-order valence-corrected chi connectivity index (χ0v) is 19.0. The molecule has 0 saturated heterocycles. The van der Waals surface area contributed by atoms with E-state index in [1.807, 2.05) is 74.7 Å². The fourth-order valence-electron chi connectivity index (χ4n) is 2.95. The van der Waals surface area contributed by atoms with Gasteiger partial charge >= 0.3 is 0 Å². The minimum atomic E-state index is -0.344. The van der Waals surface area contributed by atoms with Crippen LogP contribution in [0.2, 0.25) is 5.02 Å². The summed E-state index contributed by atoms with van der Waals surface area (Å²) in [5.74, 6) is 1.20. The van der Waals surface area contributed by atoms with Gasteiger partial charge in [-0.15, -0.1) is 10.2 Å². The van der Waals surface area contributed by atoms with Gasteiger partial charge in [-0.1, -0.05) is 47.6 Å². The van der Waals surface area contributed by atoms with Crippen LogP contribution >= 0.6 is 23.4 Å². The molecule has 0 radical (unpaired) electrons. The van der Waals surface area contributed by atoms with E-state index < -0.39 is 0 Å². The van der Waals surface area contributed by atoms with Crippen molar-refractivity contribution in [1.82, 2.24) is 14.8 Å². The number of amides is 1. The third-order valence-corrected chi connectivity index (χ3v) is 5.90. The summed E-state index contributed by atoms with van der Waals surface area (Å²) < 4.78 is 7.95. The first kappa shape index (κ1) is 22.2. The first-order chi connectivity index (χ1) is 14.4.